The molecule has 1 aromatic heterocycles. The van der Waals surface area contributed by atoms with E-state index in [9.17, 15) is 10.2 Å². The second kappa shape index (κ2) is 5.84. The molecule has 0 spiro atoms. The number of nitrogens with zero attached hydrogens (tertiary/aromatic N) is 1. The lowest BCUT2D eigenvalue weighted by atomic mass is 10.1. The van der Waals surface area contributed by atoms with E-state index in [1.807, 2.05) is 5.38 Å². The Kier molecular flexibility index (Phi) is 4.17. The Morgan fingerprint density at radius 1 is 1.39 bits per heavy atom. The standard InChI is InChI=1S/C13H16N2O2S/c1-2-10(13-14-6-7-18-13)15-8-9-4-3-5-11(16)12(9)17/h3-7,10,15-17H,2,8H2,1H3. The zero-order chi connectivity index (χ0) is 13.0. The van der Waals surface area contributed by atoms with Crippen LogP contribution in [0.2, 0.25) is 0 Å². The molecule has 1 heterocycles. The molecule has 96 valence electrons. The molecular weight excluding hydrogens is 248 g/mol. The minimum atomic E-state index is -0.0865. The van der Waals surface area contributed by atoms with Crippen LogP contribution in [0.3, 0.4) is 0 Å². The number of phenolic OH excluding ortho intramolecular Hbond substituents is 2. The highest BCUT2D eigenvalue weighted by Gasteiger charge is 2.12. The molecule has 3 N–H and O–H groups in total. The smallest absolute Gasteiger partial charge is 0.161 e. The molecular formula is C13H16N2O2S. The van der Waals surface area contributed by atoms with Gasteiger partial charge in [0, 0.05) is 23.7 Å². The van der Waals surface area contributed by atoms with E-state index in [-0.39, 0.29) is 17.5 Å². The van der Waals surface area contributed by atoms with Crippen LogP contribution in [0.5, 0.6) is 11.5 Å². The van der Waals surface area contributed by atoms with Gasteiger partial charge >= 0.3 is 0 Å². The van der Waals surface area contributed by atoms with Gasteiger partial charge in [-0.3, -0.25) is 0 Å². The predicted molar refractivity (Wildman–Crippen MR) is 71.8 cm³/mol. The zero-order valence-corrected chi connectivity index (χ0v) is 10.9. The normalized spacial score (nSPS) is 12.5. The van der Waals surface area contributed by atoms with Gasteiger partial charge < -0.3 is 15.5 Å². The summed E-state index contributed by atoms with van der Waals surface area (Å²) in [7, 11) is 0. The number of hydrogen-bond donors (Lipinski definition) is 3. The van der Waals surface area contributed by atoms with E-state index in [1.165, 1.54) is 6.07 Å². The van der Waals surface area contributed by atoms with Gasteiger partial charge in [-0.05, 0) is 12.5 Å². The fourth-order valence-corrected chi connectivity index (χ4v) is 2.56. The van der Waals surface area contributed by atoms with Crippen LogP contribution in [0.4, 0.5) is 0 Å². The van der Waals surface area contributed by atoms with Crippen molar-refractivity contribution in [1.29, 1.82) is 0 Å². The molecule has 0 aliphatic rings. The molecule has 0 aliphatic carbocycles. The second-order valence-corrected chi connectivity index (χ2v) is 4.92. The zero-order valence-electron chi connectivity index (χ0n) is 10.1. The van der Waals surface area contributed by atoms with E-state index in [4.69, 9.17) is 0 Å². The molecule has 0 bridgehead atoms. The number of para-hydroxylation sites is 1. The van der Waals surface area contributed by atoms with Gasteiger partial charge in [0.25, 0.3) is 0 Å². The molecule has 0 amide bonds. The molecule has 18 heavy (non-hydrogen) atoms. The third kappa shape index (κ3) is 2.80. The molecule has 0 aliphatic heterocycles. The molecule has 1 unspecified atom stereocenters. The van der Waals surface area contributed by atoms with Crippen LogP contribution in [-0.2, 0) is 6.54 Å². The molecule has 4 nitrogen and oxygen atoms in total. The Morgan fingerprint density at radius 2 is 2.22 bits per heavy atom. The molecule has 1 aromatic carbocycles. The summed E-state index contributed by atoms with van der Waals surface area (Å²) in [4.78, 5) is 4.28. The van der Waals surface area contributed by atoms with Gasteiger partial charge in [0.2, 0.25) is 0 Å². The molecule has 0 radical (unpaired) electrons. The Balaban J connectivity index is 2.04. The maximum atomic E-state index is 9.71. The summed E-state index contributed by atoms with van der Waals surface area (Å²) in [6.07, 6.45) is 2.71. The Hall–Kier alpha value is -1.59. The molecule has 0 fully saturated rings. The minimum Gasteiger partial charge on any atom is -0.504 e. The fourth-order valence-electron chi connectivity index (χ4n) is 1.77. The summed E-state index contributed by atoms with van der Waals surface area (Å²) in [6, 6.07) is 5.15. The third-order valence-electron chi connectivity index (χ3n) is 2.79. The minimum absolute atomic E-state index is 0.0565. The SMILES string of the molecule is CCC(NCc1cccc(O)c1O)c1nccs1. The summed E-state index contributed by atoms with van der Waals surface area (Å²) in [6.45, 7) is 2.58. The highest BCUT2D eigenvalue weighted by molar-refractivity contribution is 7.09. The van der Waals surface area contributed by atoms with Crippen LogP contribution < -0.4 is 5.32 Å². The van der Waals surface area contributed by atoms with Crippen molar-refractivity contribution in [3.05, 3.63) is 40.3 Å². The largest absolute Gasteiger partial charge is 0.504 e. The van der Waals surface area contributed by atoms with Crippen LogP contribution in [0.15, 0.2) is 29.8 Å². The monoisotopic (exact) mass is 264 g/mol. The van der Waals surface area contributed by atoms with Crippen molar-refractivity contribution in [2.24, 2.45) is 0 Å². The first-order chi connectivity index (χ1) is 8.72. The lowest BCUT2D eigenvalue weighted by Crippen LogP contribution is -2.20. The Bertz CT molecular complexity index is 500. The van der Waals surface area contributed by atoms with Gasteiger partial charge in [0.05, 0.1) is 6.04 Å². The maximum Gasteiger partial charge on any atom is 0.161 e. The quantitative estimate of drug-likeness (QED) is 0.727. The van der Waals surface area contributed by atoms with Crippen LogP contribution in [0.25, 0.3) is 0 Å². The highest BCUT2D eigenvalue weighted by Crippen LogP contribution is 2.29. The second-order valence-electron chi connectivity index (χ2n) is 4.00. The van der Waals surface area contributed by atoms with Gasteiger partial charge in [-0.25, -0.2) is 4.98 Å². The number of nitrogens with one attached hydrogen (secondary N) is 1. The van der Waals surface area contributed by atoms with E-state index in [1.54, 1.807) is 29.7 Å². The predicted octanol–water partition coefficient (Wildman–Crippen LogP) is 2.80. The number of benzene rings is 1. The topological polar surface area (TPSA) is 65.4 Å². The van der Waals surface area contributed by atoms with Crippen LogP contribution in [0, 0.1) is 0 Å². The summed E-state index contributed by atoms with van der Waals surface area (Å²) in [5.74, 6) is -0.143. The fraction of sp³-hybridized carbons (Fsp3) is 0.308. The number of aromatic nitrogens is 1. The average molecular weight is 264 g/mol. The average Bonchev–Trinajstić information content (AvgIpc) is 2.89. The van der Waals surface area contributed by atoms with Gasteiger partial charge in [0.1, 0.15) is 5.01 Å². The van der Waals surface area contributed by atoms with Crippen LogP contribution in [0.1, 0.15) is 30.0 Å². The number of hydrogen-bond acceptors (Lipinski definition) is 5. The number of rotatable bonds is 5. The van der Waals surface area contributed by atoms with Crippen molar-refractivity contribution in [1.82, 2.24) is 10.3 Å². The van der Waals surface area contributed by atoms with Gasteiger partial charge in [0.15, 0.2) is 11.5 Å². The van der Waals surface area contributed by atoms with E-state index in [2.05, 4.69) is 17.2 Å². The first-order valence-corrected chi connectivity index (χ1v) is 6.73. The van der Waals surface area contributed by atoms with Crippen molar-refractivity contribution in [2.45, 2.75) is 25.9 Å². The van der Waals surface area contributed by atoms with E-state index in [0.29, 0.717) is 12.1 Å². The van der Waals surface area contributed by atoms with Crippen LogP contribution in [-0.4, -0.2) is 15.2 Å². The highest BCUT2D eigenvalue weighted by atomic mass is 32.1. The molecule has 2 aromatic rings. The Morgan fingerprint density at radius 3 is 2.89 bits per heavy atom. The lowest BCUT2D eigenvalue weighted by Gasteiger charge is -2.15. The summed E-state index contributed by atoms with van der Waals surface area (Å²) in [5, 5.41) is 25.5. The molecule has 0 saturated heterocycles. The van der Waals surface area contributed by atoms with E-state index < -0.39 is 0 Å². The number of phenols is 2. The molecule has 1 atom stereocenters. The van der Waals surface area contributed by atoms with E-state index in [0.717, 1.165) is 11.4 Å². The first-order valence-electron chi connectivity index (χ1n) is 5.85. The number of aromatic hydroxyl groups is 2. The third-order valence-corrected chi connectivity index (χ3v) is 3.68. The molecule has 5 heteroatoms. The van der Waals surface area contributed by atoms with Crippen molar-refractivity contribution < 1.29 is 10.2 Å². The lowest BCUT2D eigenvalue weighted by molar-refractivity contribution is 0.395. The van der Waals surface area contributed by atoms with Gasteiger partial charge in [-0.1, -0.05) is 19.1 Å². The van der Waals surface area contributed by atoms with Crippen molar-refractivity contribution in [2.75, 3.05) is 0 Å². The summed E-state index contributed by atoms with van der Waals surface area (Å²) in [5.41, 5.74) is 0.685. The molecule has 2 rings (SSSR count). The number of thiazole rings is 1. The summed E-state index contributed by atoms with van der Waals surface area (Å²) < 4.78 is 0. The Labute approximate surface area is 110 Å². The van der Waals surface area contributed by atoms with Crippen molar-refractivity contribution >= 4 is 11.3 Å². The summed E-state index contributed by atoms with van der Waals surface area (Å²) >= 11 is 1.61. The van der Waals surface area contributed by atoms with Crippen molar-refractivity contribution in [3.63, 3.8) is 0 Å². The van der Waals surface area contributed by atoms with Gasteiger partial charge in [-0.2, -0.15) is 0 Å². The van der Waals surface area contributed by atoms with Crippen LogP contribution >= 0.6 is 11.3 Å². The van der Waals surface area contributed by atoms with E-state index >= 15 is 0 Å². The molecule has 0 saturated carbocycles. The first kappa shape index (κ1) is 12.9. The van der Waals surface area contributed by atoms with Crippen molar-refractivity contribution in [3.8, 4) is 11.5 Å². The maximum absolute atomic E-state index is 9.71. The van der Waals surface area contributed by atoms with Gasteiger partial charge in [-0.15, -0.1) is 11.3 Å².